The highest BCUT2D eigenvalue weighted by Gasteiger charge is 2.04. The maximum atomic E-state index is 11.3. The van der Waals surface area contributed by atoms with Crippen LogP contribution in [0.2, 0.25) is 5.02 Å². The van der Waals surface area contributed by atoms with Crippen LogP contribution in [0.5, 0.6) is 0 Å². The number of halogens is 1. The Labute approximate surface area is 83.1 Å². The molecule has 2 nitrogen and oxygen atoms in total. The lowest BCUT2D eigenvalue weighted by Crippen LogP contribution is -2.23. The van der Waals surface area contributed by atoms with E-state index in [0.29, 0.717) is 11.4 Å². The van der Waals surface area contributed by atoms with E-state index in [0.717, 1.165) is 5.56 Å². The third-order valence-corrected chi connectivity index (χ3v) is 1.98. The van der Waals surface area contributed by atoms with E-state index in [4.69, 9.17) is 11.6 Å². The van der Waals surface area contributed by atoms with Gasteiger partial charge in [-0.05, 0) is 17.7 Å². The number of benzene rings is 1. The molecule has 1 aromatic carbocycles. The lowest BCUT2D eigenvalue weighted by molar-refractivity contribution is -0.127. The van der Waals surface area contributed by atoms with Crippen molar-refractivity contribution in [3.05, 3.63) is 34.9 Å². The molecule has 1 amide bonds. The summed E-state index contributed by atoms with van der Waals surface area (Å²) in [6.07, 6.45) is 0.410. The van der Waals surface area contributed by atoms with Gasteiger partial charge in [-0.15, -0.1) is 0 Å². The van der Waals surface area contributed by atoms with Gasteiger partial charge in [-0.2, -0.15) is 0 Å². The highest BCUT2D eigenvalue weighted by Crippen LogP contribution is 2.11. The Morgan fingerprint density at radius 3 is 2.69 bits per heavy atom. The molecule has 1 aromatic rings. The highest BCUT2D eigenvalue weighted by molar-refractivity contribution is 6.30. The minimum atomic E-state index is 0.0854. The highest BCUT2D eigenvalue weighted by atomic mass is 35.5. The van der Waals surface area contributed by atoms with E-state index in [1.54, 1.807) is 25.1 Å². The third kappa shape index (κ3) is 3.07. The van der Waals surface area contributed by atoms with Gasteiger partial charge in [0, 0.05) is 19.1 Å². The van der Waals surface area contributed by atoms with Gasteiger partial charge >= 0.3 is 0 Å². The lowest BCUT2D eigenvalue weighted by Gasteiger charge is -2.09. The molecular formula is C10H12ClNO. The molecule has 0 aliphatic carbocycles. The second-order valence-corrected chi connectivity index (χ2v) is 3.53. The molecule has 0 heterocycles. The molecule has 13 heavy (non-hydrogen) atoms. The van der Waals surface area contributed by atoms with Gasteiger partial charge in [0.25, 0.3) is 0 Å². The van der Waals surface area contributed by atoms with Crippen molar-refractivity contribution in [3.8, 4) is 0 Å². The molecule has 0 unspecified atom stereocenters. The van der Waals surface area contributed by atoms with Crippen LogP contribution in [-0.4, -0.2) is 24.9 Å². The summed E-state index contributed by atoms with van der Waals surface area (Å²) in [5, 5.41) is 0.670. The van der Waals surface area contributed by atoms with E-state index in [1.807, 2.05) is 18.2 Å². The first-order valence-electron chi connectivity index (χ1n) is 4.04. The SMILES string of the molecule is CN(C)C(=O)Cc1cccc(Cl)c1. The molecule has 0 aliphatic rings. The van der Waals surface area contributed by atoms with Gasteiger partial charge in [0.15, 0.2) is 0 Å². The van der Waals surface area contributed by atoms with Gasteiger partial charge in [-0.25, -0.2) is 0 Å². The van der Waals surface area contributed by atoms with Crippen LogP contribution >= 0.6 is 11.6 Å². The van der Waals surface area contributed by atoms with Crippen molar-refractivity contribution in [2.45, 2.75) is 6.42 Å². The standard InChI is InChI=1S/C10H12ClNO/c1-12(2)10(13)7-8-4-3-5-9(11)6-8/h3-6H,7H2,1-2H3. The van der Waals surface area contributed by atoms with E-state index in [-0.39, 0.29) is 5.91 Å². The quantitative estimate of drug-likeness (QED) is 0.710. The van der Waals surface area contributed by atoms with Crippen molar-refractivity contribution in [2.24, 2.45) is 0 Å². The number of nitrogens with zero attached hydrogens (tertiary/aromatic N) is 1. The Morgan fingerprint density at radius 1 is 1.46 bits per heavy atom. The van der Waals surface area contributed by atoms with Crippen LogP contribution in [0, 0.1) is 0 Å². The largest absolute Gasteiger partial charge is 0.349 e. The van der Waals surface area contributed by atoms with Gasteiger partial charge in [0.1, 0.15) is 0 Å². The van der Waals surface area contributed by atoms with E-state index >= 15 is 0 Å². The van der Waals surface area contributed by atoms with E-state index in [1.165, 1.54) is 0 Å². The maximum absolute atomic E-state index is 11.3. The zero-order chi connectivity index (χ0) is 9.84. The van der Waals surface area contributed by atoms with Crippen molar-refractivity contribution in [1.82, 2.24) is 4.90 Å². The first kappa shape index (κ1) is 10.1. The fraction of sp³-hybridized carbons (Fsp3) is 0.300. The fourth-order valence-corrected chi connectivity index (χ4v) is 1.19. The lowest BCUT2D eigenvalue weighted by atomic mass is 10.1. The zero-order valence-electron chi connectivity index (χ0n) is 7.75. The summed E-state index contributed by atoms with van der Waals surface area (Å²) in [6, 6.07) is 7.35. The van der Waals surface area contributed by atoms with Crippen LogP contribution in [-0.2, 0) is 11.2 Å². The molecule has 0 fully saturated rings. The van der Waals surface area contributed by atoms with Crippen molar-refractivity contribution in [3.63, 3.8) is 0 Å². The monoisotopic (exact) mass is 197 g/mol. The number of hydrogen-bond donors (Lipinski definition) is 0. The molecule has 3 heteroatoms. The average molecular weight is 198 g/mol. The molecule has 1 rings (SSSR count). The van der Waals surface area contributed by atoms with E-state index in [9.17, 15) is 4.79 Å². The summed E-state index contributed by atoms with van der Waals surface area (Å²) in [6.45, 7) is 0. The first-order chi connectivity index (χ1) is 6.09. The molecule has 0 radical (unpaired) electrons. The van der Waals surface area contributed by atoms with Crippen LogP contribution < -0.4 is 0 Å². The Hall–Kier alpha value is -1.02. The molecule has 0 aromatic heterocycles. The summed E-state index contributed by atoms with van der Waals surface area (Å²) in [4.78, 5) is 12.9. The summed E-state index contributed by atoms with van der Waals surface area (Å²) in [5.41, 5.74) is 0.950. The molecular weight excluding hydrogens is 186 g/mol. The van der Waals surface area contributed by atoms with Gasteiger partial charge < -0.3 is 4.90 Å². The Balaban J connectivity index is 2.69. The van der Waals surface area contributed by atoms with Gasteiger partial charge in [-0.1, -0.05) is 23.7 Å². The van der Waals surface area contributed by atoms with Crippen LogP contribution in [0.25, 0.3) is 0 Å². The van der Waals surface area contributed by atoms with Crippen LogP contribution in [0.3, 0.4) is 0 Å². The third-order valence-electron chi connectivity index (χ3n) is 1.74. The van der Waals surface area contributed by atoms with Crippen LogP contribution in [0.1, 0.15) is 5.56 Å². The maximum Gasteiger partial charge on any atom is 0.226 e. The van der Waals surface area contributed by atoms with E-state index < -0.39 is 0 Å². The normalized spacial score (nSPS) is 9.77. The molecule has 0 spiro atoms. The topological polar surface area (TPSA) is 20.3 Å². The number of likely N-dealkylation sites (N-methyl/N-ethyl adjacent to an activating group) is 1. The minimum absolute atomic E-state index is 0.0854. The predicted molar refractivity (Wildman–Crippen MR) is 53.9 cm³/mol. The zero-order valence-corrected chi connectivity index (χ0v) is 8.51. The van der Waals surface area contributed by atoms with Crippen LogP contribution in [0.4, 0.5) is 0 Å². The second kappa shape index (κ2) is 4.28. The van der Waals surface area contributed by atoms with E-state index in [2.05, 4.69) is 0 Å². The average Bonchev–Trinajstić information content (AvgIpc) is 2.04. The predicted octanol–water partition coefficient (Wildman–Crippen LogP) is 1.97. The molecule has 0 saturated carbocycles. The smallest absolute Gasteiger partial charge is 0.226 e. The summed E-state index contributed by atoms with van der Waals surface area (Å²) in [7, 11) is 3.49. The Kier molecular flexibility index (Phi) is 3.32. The van der Waals surface area contributed by atoms with Crippen molar-refractivity contribution < 1.29 is 4.79 Å². The minimum Gasteiger partial charge on any atom is -0.349 e. The summed E-state index contributed by atoms with van der Waals surface area (Å²) in [5.74, 6) is 0.0854. The number of carbonyl (C=O) groups is 1. The number of amides is 1. The number of hydrogen-bond acceptors (Lipinski definition) is 1. The molecule has 0 saturated heterocycles. The van der Waals surface area contributed by atoms with Crippen molar-refractivity contribution in [2.75, 3.05) is 14.1 Å². The molecule has 0 atom stereocenters. The van der Waals surface area contributed by atoms with Gasteiger partial charge in [0.2, 0.25) is 5.91 Å². The molecule has 70 valence electrons. The van der Waals surface area contributed by atoms with Crippen molar-refractivity contribution >= 4 is 17.5 Å². The Morgan fingerprint density at radius 2 is 2.15 bits per heavy atom. The fourth-order valence-electron chi connectivity index (χ4n) is 0.980. The molecule has 0 N–H and O–H groups in total. The van der Waals surface area contributed by atoms with Crippen molar-refractivity contribution in [1.29, 1.82) is 0 Å². The van der Waals surface area contributed by atoms with Crippen LogP contribution in [0.15, 0.2) is 24.3 Å². The number of carbonyl (C=O) groups excluding carboxylic acids is 1. The van der Waals surface area contributed by atoms with Gasteiger partial charge in [0.05, 0.1) is 6.42 Å². The van der Waals surface area contributed by atoms with Gasteiger partial charge in [-0.3, -0.25) is 4.79 Å². The Bertz CT molecular complexity index is 310. The molecule has 0 aliphatic heterocycles. The summed E-state index contributed by atoms with van der Waals surface area (Å²) < 4.78 is 0. The first-order valence-corrected chi connectivity index (χ1v) is 4.42. The molecule has 0 bridgehead atoms. The second-order valence-electron chi connectivity index (χ2n) is 3.09. The summed E-state index contributed by atoms with van der Waals surface area (Å²) >= 11 is 5.78. The number of rotatable bonds is 2.